The van der Waals surface area contributed by atoms with E-state index in [0.717, 1.165) is 11.1 Å². The van der Waals surface area contributed by atoms with Crippen LogP contribution in [0.3, 0.4) is 0 Å². The van der Waals surface area contributed by atoms with Gasteiger partial charge in [0.2, 0.25) is 0 Å². The Morgan fingerprint density at radius 3 is 1.94 bits per heavy atom. The first-order chi connectivity index (χ1) is 16.4. The van der Waals surface area contributed by atoms with Crippen LogP contribution >= 0.6 is 7.82 Å². The van der Waals surface area contributed by atoms with E-state index < -0.39 is 25.8 Å². The summed E-state index contributed by atoms with van der Waals surface area (Å²) >= 11 is 0. The maximum Gasteiger partial charge on any atom is 0.475 e. The minimum Gasteiger partial charge on any atom is -0.457 e. The maximum absolute atomic E-state index is 12.9. The Morgan fingerprint density at radius 2 is 1.38 bits per heavy atom. The molecule has 1 unspecified atom stereocenters. The standard InChI is InChI=1S/C25H26NO7P/c1-30-34(29,31-2)33-23(17-19-9-5-3-6-10-19)24(27)26-22-15-13-21(14-16-22)25(28)32-18-20-11-7-4-8-12-20/h3-16,23H,17-18H2,1-2H3,(H,26,27). The van der Waals surface area contributed by atoms with E-state index in [1.54, 1.807) is 24.3 Å². The molecular formula is C25H26NO7P. The predicted octanol–water partition coefficient (Wildman–Crippen LogP) is 5.01. The monoisotopic (exact) mass is 483 g/mol. The van der Waals surface area contributed by atoms with Crippen molar-refractivity contribution in [3.8, 4) is 0 Å². The van der Waals surface area contributed by atoms with Crippen molar-refractivity contribution in [2.24, 2.45) is 0 Å². The molecule has 1 atom stereocenters. The van der Waals surface area contributed by atoms with Gasteiger partial charge >= 0.3 is 13.8 Å². The van der Waals surface area contributed by atoms with Crippen LogP contribution in [0.15, 0.2) is 84.9 Å². The van der Waals surface area contributed by atoms with Crippen LogP contribution in [0.25, 0.3) is 0 Å². The molecule has 3 aromatic rings. The van der Waals surface area contributed by atoms with Gasteiger partial charge in [-0.05, 0) is 35.4 Å². The molecule has 1 amide bonds. The highest BCUT2D eigenvalue weighted by molar-refractivity contribution is 7.48. The zero-order valence-corrected chi connectivity index (χ0v) is 19.8. The second-order valence-electron chi connectivity index (χ2n) is 7.22. The second-order valence-corrected chi connectivity index (χ2v) is 9.06. The Morgan fingerprint density at radius 1 is 0.824 bits per heavy atom. The van der Waals surface area contributed by atoms with Gasteiger partial charge in [-0.15, -0.1) is 0 Å². The SMILES string of the molecule is COP(=O)(OC)OC(Cc1ccccc1)C(=O)Nc1ccc(C(=O)OCc2ccccc2)cc1. The average molecular weight is 483 g/mol. The summed E-state index contributed by atoms with van der Waals surface area (Å²) in [5.74, 6) is -1.02. The topological polar surface area (TPSA) is 100 Å². The van der Waals surface area contributed by atoms with Crippen molar-refractivity contribution in [3.63, 3.8) is 0 Å². The molecular weight excluding hydrogens is 457 g/mol. The average Bonchev–Trinajstić information content (AvgIpc) is 2.88. The van der Waals surface area contributed by atoms with Crippen LogP contribution < -0.4 is 5.32 Å². The van der Waals surface area contributed by atoms with Crippen LogP contribution in [0.4, 0.5) is 5.69 Å². The summed E-state index contributed by atoms with van der Waals surface area (Å²) in [5.41, 5.74) is 2.46. The van der Waals surface area contributed by atoms with Crippen molar-refractivity contribution in [3.05, 3.63) is 102 Å². The van der Waals surface area contributed by atoms with Crippen molar-refractivity contribution < 1.29 is 32.5 Å². The normalized spacial score (nSPS) is 12.1. The van der Waals surface area contributed by atoms with E-state index in [1.165, 1.54) is 14.2 Å². The van der Waals surface area contributed by atoms with Crippen molar-refractivity contribution in [2.75, 3.05) is 19.5 Å². The molecule has 0 aliphatic rings. The largest absolute Gasteiger partial charge is 0.475 e. The molecule has 0 fully saturated rings. The van der Waals surface area contributed by atoms with E-state index in [2.05, 4.69) is 5.32 Å². The molecule has 178 valence electrons. The van der Waals surface area contributed by atoms with E-state index in [1.807, 2.05) is 60.7 Å². The van der Waals surface area contributed by atoms with Crippen molar-refractivity contribution in [1.82, 2.24) is 0 Å². The summed E-state index contributed by atoms with van der Waals surface area (Å²) in [4.78, 5) is 25.2. The number of phosphoric acid groups is 1. The summed E-state index contributed by atoms with van der Waals surface area (Å²) < 4.78 is 32.9. The summed E-state index contributed by atoms with van der Waals surface area (Å²) in [5, 5.41) is 2.71. The molecule has 1 N–H and O–H groups in total. The summed E-state index contributed by atoms with van der Waals surface area (Å²) in [6, 6.07) is 24.7. The number of carbonyl (C=O) groups is 2. The van der Waals surface area contributed by atoms with E-state index in [4.69, 9.17) is 18.3 Å². The minimum absolute atomic E-state index is 0.146. The Labute approximate surface area is 198 Å². The molecule has 34 heavy (non-hydrogen) atoms. The third-order valence-electron chi connectivity index (χ3n) is 4.86. The van der Waals surface area contributed by atoms with E-state index >= 15 is 0 Å². The van der Waals surface area contributed by atoms with Gasteiger partial charge in [0.1, 0.15) is 6.61 Å². The number of anilines is 1. The zero-order valence-electron chi connectivity index (χ0n) is 18.9. The molecule has 0 aliphatic carbocycles. The highest BCUT2D eigenvalue weighted by atomic mass is 31.2. The Hall–Kier alpha value is -3.29. The van der Waals surface area contributed by atoms with Gasteiger partial charge in [0.25, 0.3) is 5.91 Å². The van der Waals surface area contributed by atoms with Crippen molar-refractivity contribution in [1.29, 1.82) is 0 Å². The summed E-state index contributed by atoms with van der Waals surface area (Å²) in [7, 11) is -1.55. The molecule has 0 bridgehead atoms. The van der Waals surface area contributed by atoms with E-state index in [0.29, 0.717) is 11.3 Å². The third-order valence-corrected chi connectivity index (χ3v) is 6.27. The number of ether oxygens (including phenoxy) is 1. The minimum atomic E-state index is -3.91. The molecule has 0 saturated carbocycles. The third kappa shape index (κ3) is 7.37. The first kappa shape index (κ1) is 25.3. The molecule has 9 heteroatoms. The fourth-order valence-electron chi connectivity index (χ4n) is 3.04. The first-order valence-electron chi connectivity index (χ1n) is 10.5. The van der Waals surface area contributed by atoms with Crippen LogP contribution in [0.5, 0.6) is 0 Å². The molecule has 0 radical (unpaired) electrons. The highest BCUT2D eigenvalue weighted by Crippen LogP contribution is 2.49. The summed E-state index contributed by atoms with van der Waals surface area (Å²) in [6.45, 7) is 0.162. The van der Waals surface area contributed by atoms with Gasteiger partial charge in [0.15, 0.2) is 6.10 Å². The lowest BCUT2D eigenvalue weighted by atomic mass is 10.1. The van der Waals surface area contributed by atoms with E-state index in [-0.39, 0.29) is 13.0 Å². The molecule has 0 heterocycles. The Bertz CT molecular complexity index is 1110. The lowest BCUT2D eigenvalue weighted by molar-refractivity contribution is -0.123. The lowest BCUT2D eigenvalue weighted by Crippen LogP contribution is -2.32. The smallest absolute Gasteiger partial charge is 0.457 e. The van der Waals surface area contributed by atoms with Gasteiger partial charge in [-0.1, -0.05) is 60.7 Å². The molecule has 3 rings (SSSR count). The van der Waals surface area contributed by atoms with Crippen LogP contribution in [-0.4, -0.2) is 32.2 Å². The maximum atomic E-state index is 12.9. The van der Waals surface area contributed by atoms with Gasteiger partial charge in [-0.2, -0.15) is 0 Å². The number of carbonyl (C=O) groups excluding carboxylic acids is 2. The van der Waals surface area contributed by atoms with Gasteiger partial charge in [0.05, 0.1) is 5.56 Å². The fourth-order valence-corrected chi connectivity index (χ4v) is 3.84. The number of nitrogens with one attached hydrogen (secondary N) is 1. The molecule has 0 saturated heterocycles. The quantitative estimate of drug-likeness (QED) is 0.302. The van der Waals surface area contributed by atoms with Gasteiger partial charge in [-0.3, -0.25) is 18.4 Å². The van der Waals surface area contributed by atoms with Gasteiger partial charge in [0, 0.05) is 26.3 Å². The Kier molecular flexibility index (Phi) is 9.13. The van der Waals surface area contributed by atoms with Gasteiger partial charge < -0.3 is 10.1 Å². The zero-order chi connectivity index (χ0) is 24.4. The summed E-state index contributed by atoms with van der Waals surface area (Å²) in [6.07, 6.45) is -1.00. The van der Waals surface area contributed by atoms with E-state index in [9.17, 15) is 14.2 Å². The lowest BCUT2D eigenvalue weighted by Gasteiger charge is -2.21. The molecule has 0 aliphatic heterocycles. The fraction of sp³-hybridized carbons (Fsp3) is 0.200. The number of esters is 1. The first-order valence-corrected chi connectivity index (χ1v) is 11.9. The van der Waals surface area contributed by atoms with Crippen molar-refractivity contribution in [2.45, 2.75) is 19.1 Å². The number of hydrogen-bond donors (Lipinski definition) is 1. The van der Waals surface area contributed by atoms with Crippen LogP contribution in [0.2, 0.25) is 0 Å². The molecule has 0 spiro atoms. The number of hydrogen-bond acceptors (Lipinski definition) is 7. The number of phosphoric ester groups is 1. The van der Waals surface area contributed by atoms with Crippen LogP contribution in [0, 0.1) is 0 Å². The second kappa shape index (κ2) is 12.3. The van der Waals surface area contributed by atoms with Crippen LogP contribution in [-0.2, 0) is 40.7 Å². The van der Waals surface area contributed by atoms with Gasteiger partial charge in [-0.25, -0.2) is 9.36 Å². The number of amides is 1. The highest BCUT2D eigenvalue weighted by Gasteiger charge is 2.32. The number of rotatable bonds is 11. The molecule has 3 aromatic carbocycles. The van der Waals surface area contributed by atoms with Crippen LogP contribution in [0.1, 0.15) is 21.5 Å². The number of benzene rings is 3. The predicted molar refractivity (Wildman–Crippen MR) is 127 cm³/mol. The molecule has 0 aromatic heterocycles. The van der Waals surface area contributed by atoms with Crippen molar-refractivity contribution >= 4 is 25.4 Å². The Balaban J connectivity index is 1.65. The molecule has 8 nitrogen and oxygen atoms in total.